The molecular weight excluding hydrogens is 693 g/mol. The van der Waals surface area contributed by atoms with E-state index in [1.54, 1.807) is 48.5 Å². The Morgan fingerprint density at radius 3 is 1.46 bits per heavy atom. The Morgan fingerprint density at radius 2 is 0.923 bits per heavy atom. The number of para-hydroxylation sites is 2. The monoisotopic (exact) mass is 713 g/mol. The van der Waals surface area contributed by atoms with Gasteiger partial charge in [-0.2, -0.15) is 44.8 Å². The van der Waals surface area contributed by atoms with E-state index in [-0.39, 0.29) is 44.6 Å². The standard InChI is InChI=1S/C40H20F9N3/c41-38(42,43)22-13-15-27-25-8-2-5-11-32(25)51(35(27)19-22)34-18-17-29(24-7-1-4-10-31(24)40(47,48)49)37(30(34)21-50)52-33-12-6-3-9-26(33)28-16-14-23(20-36(28)52)39(44,45)46/h1-20H. The second-order valence-electron chi connectivity index (χ2n) is 12.2. The number of halogens is 9. The minimum Gasteiger partial charge on any atom is -0.308 e. The van der Waals surface area contributed by atoms with E-state index >= 15 is 0 Å². The highest BCUT2D eigenvalue weighted by molar-refractivity contribution is 6.12. The molecule has 0 bridgehead atoms. The van der Waals surface area contributed by atoms with E-state index in [0.29, 0.717) is 27.1 Å². The lowest BCUT2D eigenvalue weighted by Crippen LogP contribution is -2.11. The van der Waals surface area contributed by atoms with Gasteiger partial charge < -0.3 is 9.13 Å². The highest BCUT2D eigenvalue weighted by Crippen LogP contribution is 2.46. The van der Waals surface area contributed by atoms with Crippen LogP contribution in [0.15, 0.2) is 121 Å². The first-order valence-electron chi connectivity index (χ1n) is 15.6. The van der Waals surface area contributed by atoms with Gasteiger partial charge in [-0.25, -0.2) is 0 Å². The van der Waals surface area contributed by atoms with Gasteiger partial charge in [-0.3, -0.25) is 0 Å². The Kier molecular flexibility index (Phi) is 7.22. The van der Waals surface area contributed by atoms with Crippen LogP contribution in [0, 0.1) is 11.3 Å². The van der Waals surface area contributed by atoms with Crippen molar-refractivity contribution in [1.29, 1.82) is 5.26 Å². The average Bonchev–Trinajstić information content (AvgIpc) is 3.62. The van der Waals surface area contributed by atoms with Gasteiger partial charge in [0.2, 0.25) is 0 Å². The van der Waals surface area contributed by atoms with E-state index in [1.807, 2.05) is 0 Å². The summed E-state index contributed by atoms with van der Waals surface area (Å²) >= 11 is 0. The zero-order valence-corrected chi connectivity index (χ0v) is 26.3. The summed E-state index contributed by atoms with van der Waals surface area (Å²) in [5, 5.41) is 12.7. The first kappa shape index (κ1) is 33.0. The van der Waals surface area contributed by atoms with Crippen molar-refractivity contribution in [1.82, 2.24) is 9.13 Å². The smallest absolute Gasteiger partial charge is 0.308 e. The molecule has 0 fully saturated rings. The Balaban J connectivity index is 1.59. The fourth-order valence-corrected chi connectivity index (χ4v) is 7.09. The maximum Gasteiger partial charge on any atom is 0.417 e. The molecular formula is C40H20F9N3. The molecule has 6 aromatic carbocycles. The molecule has 0 amide bonds. The molecule has 0 radical (unpaired) electrons. The third kappa shape index (κ3) is 5.06. The van der Waals surface area contributed by atoms with Gasteiger partial charge in [-0.1, -0.05) is 72.8 Å². The maximum absolute atomic E-state index is 14.6. The molecule has 0 unspecified atom stereocenters. The summed E-state index contributed by atoms with van der Waals surface area (Å²) in [5.41, 5.74) is -3.31. The minimum atomic E-state index is -4.87. The van der Waals surface area contributed by atoms with Crippen molar-refractivity contribution in [2.75, 3.05) is 0 Å². The molecule has 2 heterocycles. The predicted octanol–water partition coefficient (Wildman–Crippen LogP) is 12.5. The number of alkyl halides is 9. The van der Waals surface area contributed by atoms with E-state index in [1.165, 1.54) is 51.6 Å². The summed E-state index contributed by atoms with van der Waals surface area (Å²) in [6.07, 6.45) is -14.4. The predicted molar refractivity (Wildman–Crippen MR) is 180 cm³/mol. The Bertz CT molecular complexity index is 2770. The number of hydrogen-bond acceptors (Lipinski definition) is 1. The summed E-state index contributed by atoms with van der Waals surface area (Å²) in [7, 11) is 0. The molecule has 52 heavy (non-hydrogen) atoms. The quantitative estimate of drug-likeness (QED) is 0.168. The van der Waals surface area contributed by atoms with Crippen LogP contribution in [-0.2, 0) is 18.5 Å². The number of rotatable bonds is 3. The third-order valence-corrected chi connectivity index (χ3v) is 9.26. The Hall–Kier alpha value is -6.22. The van der Waals surface area contributed by atoms with Crippen molar-refractivity contribution < 1.29 is 39.5 Å². The second kappa shape index (κ2) is 11.4. The molecule has 0 atom stereocenters. The molecule has 2 aromatic heterocycles. The molecule has 8 aromatic rings. The first-order chi connectivity index (χ1) is 24.7. The molecule has 0 aliphatic rings. The summed E-state index contributed by atoms with van der Waals surface area (Å²) in [6.45, 7) is 0. The summed E-state index contributed by atoms with van der Waals surface area (Å²) in [6, 6.07) is 28.7. The minimum absolute atomic E-state index is 0.00849. The van der Waals surface area contributed by atoms with Gasteiger partial charge >= 0.3 is 18.5 Å². The number of nitriles is 1. The van der Waals surface area contributed by atoms with Crippen LogP contribution in [0.5, 0.6) is 0 Å². The van der Waals surface area contributed by atoms with Crippen LogP contribution in [0.1, 0.15) is 22.3 Å². The van der Waals surface area contributed by atoms with Crippen LogP contribution in [-0.4, -0.2) is 9.13 Å². The van der Waals surface area contributed by atoms with E-state index < -0.39 is 35.2 Å². The average molecular weight is 714 g/mol. The van der Waals surface area contributed by atoms with Gasteiger partial charge in [0, 0.05) is 27.1 Å². The van der Waals surface area contributed by atoms with Gasteiger partial charge in [-0.15, -0.1) is 0 Å². The van der Waals surface area contributed by atoms with E-state index in [2.05, 4.69) is 6.07 Å². The zero-order valence-electron chi connectivity index (χ0n) is 26.3. The van der Waals surface area contributed by atoms with E-state index in [0.717, 1.165) is 30.3 Å². The zero-order chi connectivity index (χ0) is 36.7. The Morgan fingerprint density at radius 1 is 0.442 bits per heavy atom. The molecule has 0 saturated heterocycles. The molecule has 8 rings (SSSR count). The number of benzene rings is 6. The third-order valence-electron chi connectivity index (χ3n) is 9.26. The molecule has 258 valence electrons. The van der Waals surface area contributed by atoms with Gasteiger partial charge in [0.1, 0.15) is 11.6 Å². The van der Waals surface area contributed by atoms with Crippen LogP contribution >= 0.6 is 0 Å². The van der Waals surface area contributed by atoms with Crippen LogP contribution in [0.3, 0.4) is 0 Å². The summed E-state index contributed by atoms with van der Waals surface area (Å²) < 4.78 is 131. The second-order valence-corrected chi connectivity index (χ2v) is 12.2. The van der Waals surface area contributed by atoms with Gasteiger partial charge in [0.25, 0.3) is 0 Å². The largest absolute Gasteiger partial charge is 0.417 e. The SMILES string of the molecule is N#Cc1c(-n2c3ccccc3c3ccc(C(F)(F)F)cc32)ccc(-c2ccccc2C(F)(F)F)c1-n1c2ccccc2c2ccc(C(F)(F)F)cc21. The molecule has 0 N–H and O–H groups in total. The van der Waals surface area contributed by atoms with Gasteiger partial charge in [0.05, 0.1) is 50.1 Å². The van der Waals surface area contributed by atoms with Crippen LogP contribution in [0.25, 0.3) is 66.1 Å². The van der Waals surface area contributed by atoms with Crippen LogP contribution in [0.2, 0.25) is 0 Å². The van der Waals surface area contributed by atoms with Crippen molar-refractivity contribution >= 4 is 43.6 Å². The fourth-order valence-electron chi connectivity index (χ4n) is 7.09. The summed E-state index contributed by atoms with van der Waals surface area (Å²) in [5.74, 6) is 0. The molecule has 0 aliphatic heterocycles. The van der Waals surface area contributed by atoms with E-state index in [9.17, 15) is 44.8 Å². The topological polar surface area (TPSA) is 33.6 Å². The molecule has 3 nitrogen and oxygen atoms in total. The van der Waals surface area contributed by atoms with Crippen molar-refractivity contribution in [2.45, 2.75) is 18.5 Å². The fraction of sp³-hybridized carbons (Fsp3) is 0.0750. The van der Waals surface area contributed by atoms with Crippen LogP contribution in [0.4, 0.5) is 39.5 Å². The molecule has 0 aliphatic carbocycles. The van der Waals surface area contributed by atoms with E-state index in [4.69, 9.17) is 0 Å². The normalized spacial score (nSPS) is 12.7. The van der Waals surface area contributed by atoms with Crippen molar-refractivity contribution in [3.63, 3.8) is 0 Å². The highest BCUT2D eigenvalue weighted by atomic mass is 19.4. The summed E-state index contributed by atoms with van der Waals surface area (Å²) in [4.78, 5) is 0. The number of nitrogens with zero attached hydrogens (tertiary/aromatic N) is 3. The van der Waals surface area contributed by atoms with Crippen LogP contribution < -0.4 is 0 Å². The van der Waals surface area contributed by atoms with Gasteiger partial charge in [0.15, 0.2) is 0 Å². The molecule has 0 saturated carbocycles. The number of hydrogen-bond donors (Lipinski definition) is 0. The van der Waals surface area contributed by atoms with Crippen molar-refractivity contribution in [3.05, 3.63) is 144 Å². The lowest BCUT2D eigenvalue weighted by Gasteiger charge is -2.22. The van der Waals surface area contributed by atoms with Crippen molar-refractivity contribution in [2.24, 2.45) is 0 Å². The molecule has 0 spiro atoms. The first-order valence-corrected chi connectivity index (χ1v) is 15.6. The lowest BCUT2D eigenvalue weighted by molar-refractivity contribution is -0.138. The lowest BCUT2D eigenvalue weighted by atomic mass is 9.94. The Labute approximate surface area is 288 Å². The number of aromatic nitrogens is 2. The highest BCUT2D eigenvalue weighted by Gasteiger charge is 2.36. The van der Waals surface area contributed by atoms with Gasteiger partial charge in [-0.05, 0) is 54.1 Å². The van der Waals surface area contributed by atoms with Crippen molar-refractivity contribution in [3.8, 4) is 28.6 Å². The number of fused-ring (bicyclic) bond motifs is 6. The molecule has 12 heteroatoms. The maximum atomic E-state index is 14.6.